The van der Waals surface area contributed by atoms with Crippen LogP contribution in [-0.2, 0) is 13.1 Å². The Morgan fingerprint density at radius 3 is 2.77 bits per heavy atom. The van der Waals surface area contributed by atoms with Gasteiger partial charge in [-0.2, -0.15) is 5.10 Å². The fourth-order valence-electron chi connectivity index (χ4n) is 3.10. The lowest BCUT2D eigenvalue weighted by Crippen LogP contribution is -2.37. The van der Waals surface area contributed by atoms with Gasteiger partial charge in [0.05, 0.1) is 12.7 Å². The average molecular weight is 302 g/mol. The first-order valence-electron chi connectivity index (χ1n) is 7.91. The second kappa shape index (κ2) is 7.03. The highest BCUT2D eigenvalue weighted by Gasteiger charge is 2.19. The first-order chi connectivity index (χ1) is 10.7. The van der Waals surface area contributed by atoms with Crippen molar-refractivity contribution < 1.29 is 4.39 Å². The van der Waals surface area contributed by atoms with Crippen LogP contribution in [0.3, 0.4) is 0 Å². The van der Waals surface area contributed by atoms with Gasteiger partial charge in [0, 0.05) is 24.8 Å². The van der Waals surface area contributed by atoms with Gasteiger partial charge in [0.15, 0.2) is 0 Å². The molecule has 0 spiro atoms. The second-order valence-electron chi connectivity index (χ2n) is 6.15. The smallest absolute Gasteiger partial charge is 0.123 e. The van der Waals surface area contributed by atoms with Gasteiger partial charge in [0.2, 0.25) is 0 Å². The van der Waals surface area contributed by atoms with Crippen LogP contribution in [0.15, 0.2) is 36.7 Å². The third-order valence-corrected chi connectivity index (χ3v) is 4.29. The van der Waals surface area contributed by atoms with Crippen LogP contribution >= 0.6 is 0 Å². The maximum absolute atomic E-state index is 12.9. The number of hydrogen-bond donors (Lipinski definition) is 1. The van der Waals surface area contributed by atoms with Gasteiger partial charge in [-0.1, -0.05) is 12.1 Å². The summed E-state index contributed by atoms with van der Waals surface area (Å²) in [5, 5.41) is 4.41. The minimum Gasteiger partial charge on any atom is -0.330 e. The highest BCUT2D eigenvalue weighted by molar-refractivity contribution is 5.16. The molecule has 0 bridgehead atoms. The molecule has 1 aromatic heterocycles. The molecule has 1 saturated heterocycles. The molecule has 2 aromatic rings. The Bertz CT molecular complexity index is 593. The van der Waals surface area contributed by atoms with E-state index in [9.17, 15) is 4.39 Å². The lowest BCUT2D eigenvalue weighted by Gasteiger charge is -2.31. The summed E-state index contributed by atoms with van der Waals surface area (Å²) >= 11 is 0. The number of likely N-dealkylation sites (tertiary alicyclic amines) is 1. The zero-order valence-electron chi connectivity index (χ0n) is 12.8. The van der Waals surface area contributed by atoms with Crippen LogP contribution in [0.4, 0.5) is 4.39 Å². The molecule has 1 fully saturated rings. The van der Waals surface area contributed by atoms with Gasteiger partial charge in [-0.05, 0) is 49.5 Å². The molecule has 3 rings (SSSR count). The minimum atomic E-state index is -0.204. The van der Waals surface area contributed by atoms with E-state index in [1.54, 1.807) is 12.1 Å². The van der Waals surface area contributed by atoms with Crippen LogP contribution in [-0.4, -0.2) is 34.3 Å². The molecular formula is C17H23FN4. The Morgan fingerprint density at radius 2 is 2.00 bits per heavy atom. The number of rotatable bonds is 5. The number of benzene rings is 1. The van der Waals surface area contributed by atoms with Gasteiger partial charge in [0.1, 0.15) is 5.82 Å². The molecular weight excluding hydrogens is 279 g/mol. The molecule has 5 heteroatoms. The summed E-state index contributed by atoms with van der Waals surface area (Å²) in [7, 11) is 0. The van der Waals surface area contributed by atoms with Gasteiger partial charge in [0.25, 0.3) is 0 Å². The molecule has 1 aliphatic heterocycles. The van der Waals surface area contributed by atoms with Crippen LogP contribution in [0.1, 0.15) is 24.0 Å². The highest BCUT2D eigenvalue weighted by atomic mass is 19.1. The molecule has 22 heavy (non-hydrogen) atoms. The number of hydrogen-bond acceptors (Lipinski definition) is 3. The average Bonchev–Trinajstić information content (AvgIpc) is 2.97. The molecule has 1 aliphatic rings. The van der Waals surface area contributed by atoms with Gasteiger partial charge in [-0.3, -0.25) is 9.58 Å². The first kappa shape index (κ1) is 15.2. The second-order valence-corrected chi connectivity index (χ2v) is 6.15. The Balaban J connectivity index is 1.58. The van der Waals surface area contributed by atoms with E-state index in [1.807, 2.05) is 10.9 Å². The molecule has 4 nitrogen and oxygen atoms in total. The van der Waals surface area contributed by atoms with E-state index < -0.39 is 0 Å². The molecule has 0 amide bonds. The van der Waals surface area contributed by atoms with Crippen LogP contribution in [0, 0.1) is 11.7 Å². The van der Waals surface area contributed by atoms with Crippen molar-refractivity contribution >= 4 is 0 Å². The largest absolute Gasteiger partial charge is 0.330 e. The van der Waals surface area contributed by atoms with E-state index in [2.05, 4.69) is 16.2 Å². The van der Waals surface area contributed by atoms with Crippen molar-refractivity contribution in [3.63, 3.8) is 0 Å². The zero-order chi connectivity index (χ0) is 15.4. The summed E-state index contributed by atoms with van der Waals surface area (Å²) < 4.78 is 14.8. The molecule has 1 unspecified atom stereocenters. The number of nitrogens with two attached hydrogens (primary N) is 1. The van der Waals surface area contributed by atoms with Crippen molar-refractivity contribution in [3.05, 3.63) is 53.6 Å². The summed E-state index contributed by atoms with van der Waals surface area (Å²) in [6, 6.07) is 6.57. The molecule has 0 radical (unpaired) electrons. The lowest BCUT2D eigenvalue weighted by atomic mass is 9.98. The number of piperidine rings is 1. The Kier molecular flexibility index (Phi) is 4.85. The van der Waals surface area contributed by atoms with Crippen LogP contribution < -0.4 is 5.73 Å². The predicted octanol–water partition coefficient (Wildman–Crippen LogP) is 2.24. The van der Waals surface area contributed by atoms with Crippen LogP contribution in [0.5, 0.6) is 0 Å². The topological polar surface area (TPSA) is 47.1 Å². The number of halogens is 1. The third-order valence-electron chi connectivity index (χ3n) is 4.29. The van der Waals surface area contributed by atoms with Gasteiger partial charge in [-0.15, -0.1) is 0 Å². The Hall–Kier alpha value is -1.72. The Morgan fingerprint density at radius 1 is 1.18 bits per heavy atom. The number of nitrogens with zero attached hydrogens (tertiary/aromatic N) is 3. The summed E-state index contributed by atoms with van der Waals surface area (Å²) in [6.07, 6.45) is 6.48. The van der Waals surface area contributed by atoms with E-state index in [0.29, 0.717) is 12.5 Å². The van der Waals surface area contributed by atoms with Crippen molar-refractivity contribution in [2.24, 2.45) is 11.7 Å². The van der Waals surface area contributed by atoms with E-state index in [1.165, 1.54) is 30.5 Å². The molecule has 1 atom stereocenters. The van der Waals surface area contributed by atoms with Gasteiger partial charge in [-0.25, -0.2) is 4.39 Å². The normalized spacial score (nSPS) is 19.5. The molecule has 2 heterocycles. The molecule has 2 N–H and O–H groups in total. The van der Waals surface area contributed by atoms with Crippen molar-refractivity contribution in [2.45, 2.75) is 25.9 Å². The van der Waals surface area contributed by atoms with Crippen molar-refractivity contribution in [1.82, 2.24) is 14.7 Å². The summed E-state index contributed by atoms with van der Waals surface area (Å²) in [5.41, 5.74) is 8.06. The van der Waals surface area contributed by atoms with E-state index in [0.717, 1.165) is 31.7 Å². The van der Waals surface area contributed by atoms with Crippen molar-refractivity contribution in [1.29, 1.82) is 0 Å². The zero-order valence-corrected chi connectivity index (χ0v) is 12.8. The molecule has 118 valence electrons. The first-order valence-corrected chi connectivity index (χ1v) is 7.91. The SMILES string of the molecule is NCC1CCCN(Cc2cnn(Cc3ccc(F)cc3)c2)C1. The van der Waals surface area contributed by atoms with Gasteiger partial charge >= 0.3 is 0 Å². The summed E-state index contributed by atoms with van der Waals surface area (Å²) in [5.74, 6) is 0.424. The fourth-order valence-corrected chi connectivity index (χ4v) is 3.10. The van der Waals surface area contributed by atoms with Crippen LogP contribution in [0.2, 0.25) is 0 Å². The maximum Gasteiger partial charge on any atom is 0.123 e. The van der Waals surface area contributed by atoms with E-state index in [-0.39, 0.29) is 5.82 Å². The maximum atomic E-state index is 12.9. The standard InChI is InChI=1S/C17H23FN4/c18-17-5-3-14(4-6-17)12-22-13-16(9-20-22)11-21-7-1-2-15(8-19)10-21/h3-6,9,13,15H,1-2,7-8,10-12,19H2. The van der Waals surface area contributed by atoms with Crippen molar-refractivity contribution in [3.8, 4) is 0 Å². The third kappa shape index (κ3) is 3.93. The molecule has 0 aliphatic carbocycles. The number of aromatic nitrogens is 2. The monoisotopic (exact) mass is 302 g/mol. The predicted molar refractivity (Wildman–Crippen MR) is 84.8 cm³/mol. The molecule has 0 saturated carbocycles. The lowest BCUT2D eigenvalue weighted by molar-refractivity contribution is 0.171. The van der Waals surface area contributed by atoms with Crippen LogP contribution in [0.25, 0.3) is 0 Å². The molecule has 1 aromatic carbocycles. The highest BCUT2D eigenvalue weighted by Crippen LogP contribution is 2.17. The summed E-state index contributed by atoms with van der Waals surface area (Å²) in [4.78, 5) is 2.46. The summed E-state index contributed by atoms with van der Waals surface area (Å²) in [6.45, 7) is 4.60. The fraction of sp³-hybridized carbons (Fsp3) is 0.471. The van der Waals surface area contributed by atoms with Crippen molar-refractivity contribution in [2.75, 3.05) is 19.6 Å². The minimum absolute atomic E-state index is 0.204. The van der Waals surface area contributed by atoms with E-state index in [4.69, 9.17) is 5.73 Å². The quantitative estimate of drug-likeness (QED) is 0.921. The Labute approximate surface area is 130 Å². The van der Waals surface area contributed by atoms with E-state index >= 15 is 0 Å². The van der Waals surface area contributed by atoms with Gasteiger partial charge < -0.3 is 5.73 Å².